The van der Waals surface area contributed by atoms with Crippen molar-refractivity contribution >= 4 is 51.0 Å². The van der Waals surface area contributed by atoms with Crippen LogP contribution in [-0.4, -0.2) is 5.91 Å². The molecule has 0 unspecified atom stereocenters. The number of nitrogens with zero attached hydrogens (tertiary/aromatic N) is 1. The standard InChI is InChI=1S/C27H19IN2O2/c28-23-12-14-24(15-13-23)30-27(31)22(17-29)16-20-7-2-4-11-26(20)32-18-21-9-5-8-19-6-1-3-10-25(19)21/h1-16H,18H2,(H,30,31)/b22-16-. The summed E-state index contributed by atoms with van der Waals surface area (Å²) in [5.74, 6) is 0.146. The zero-order valence-corrected chi connectivity index (χ0v) is 19.2. The molecule has 0 saturated carbocycles. The number of benzene rings is 4. The molecule has 0 radical (unpaired) electrons. The third-order valence-electron chi connectivity index (χ3n) is 4.95. The van der Waals surface area contributed by atoms with Crippen LogP contribution in [0.3, 0.4) is 0 Å². The maximum atomic E-state index is 12.6. The van der Waals surface area contributed by atoms with E-state index in [1.807, 2.05) is 66.7 Å². The van der Waals surface area contributed by atoms with Gasteiger partial charge in [-0.05, 0) is 75.3 Å². The monoisotopic (exact) mass is 530 g/mol. The highest BCUT2D eigenvalue weighted by Crippen LogP contribution is 2.25. The zero-order chi connectivity index (χ0) is 22.3. The van der Waals surface area contributed by atoms with Crippen LogP contribution in [0.2, 0.25) is 0 Å². The third-order valence-corrected chi connectivity index (χ3v) is 5.67. The third kappa shape index (κ3) is 5.16. The molecule has 0 fully saturated rings. The molecule has 0 atom stereocenters. The lowest BCUT2D eigenvalue weighted by Crippen LogP contribution is -2.13. The fourth-order valence-electron chi connectivity index (χ4n) is 3.34. The molecule has 4 aromatic rings. The van der Waals surface area contributed by atoms with Gasteiger partial charge in [-0.2, -0.15) is 5.26 Å². The van der Waals surface area contributed by atoms with Crippen LogP contribution in [0.1, 0.15) is 11.1 Å². The summed E-state index contributed by atoms with van der Waals surface area (Å²) in [5, 5.41) is 14.6. The Hall–Kier alpha value is -3.63. The fraction of sp³-hybridized carbons (Fsp3) is 0.0370. The Morgan fingerprint density at radius 2 is 1.66 bits per heavy atom. The van der Waals surface area contributed by atoms with Gasteiger partial charge in [0.1, 0.15) is 24.0 Å². The van der Waals surface area contributed by atoms with Crippen molar-refractivity contribution in [1.29, 1.82) is 5.26 Å². The Morgan fingerprint density at radius 1 is 0.938 bits per heavy atom. The highest BCUT2D eigenvalue weighted by molar-refractivity contribution is 14.1. The summed E-state index contributed by atoms with van der Waals surface area (Å²) in [5.41, 5.74) is 2.38. The van der Waals surface area contributed by atoms with E-state index in [1.165, 1.54) is 0 Å². The second-order valence-corrected chi connectivity index (χ2v) is 8.34. The summed E-state index contributed by atoms with van der Waals surface area (Å²) in [4.78, 5) is 12.6. The number of fused-ring (bicyclic) bond motifs is 1. The molecule has 4 rings (SSSR count). The number of hydrogen-bond acceptors (Lipinski definition) is 3. The average Bonchev–Trinajstić information content (AvgIpc) is 2.83. The summed E-state index contributed by atoms with van der Waals surface area (Å²) in [7, 11) is 0. The number of ether oxygens (including phenoxy) is 1. The van der Waals surface area contributed by atoms with Crippen molar-refractivity contribution < 1.29 is 9.53 Å². The predicted molar refractivity (Wildman–Crippen MR) is 136 cm³/mol. The normalized spacial score (nSPS) is 11.1. The Labute approximate surface area is 200 Å². The number of nitrogens with one attached hydrogen (secondary N) is 1. The lowest BCUT2D eigenvalue weighted by molar-refractivity contribution is -0.112. The minimum atomic E-state index is -0.461. The van der Waals surface area contributed by atoms with Crippen molar-refractivity contribution in [3.05, 3.63) is 111 Å². The van der Waals surface area contributed by atoms with E-state index in [2.05, 4.69) is 46.1 Å². The van der Waals surface area contributed by atoms with Crippen molar-refractivity contribution in [3.63, 3.8) is 0 Å². The van der Waals surface area contributed by atoms with Crippen molar-refractivity contribution in [2.24, 2.45) is 0 Å². The molecule has 0 aromatic heterocycles. The van der Waals surface area contributed by atoms with Crippen LogP contribution >= 0.6 is 22.6 Å². The van der Waals surface area contributed by atoms with Gasteiger partial charge in [0.15, 0.2) is 0 Å². The minimum absolute atomic E-state index is 0.00441. The van der Waals surface area contributed by atoms with Crippen LogP contribution in [0.5, 0.6) is 5.75 Å². The lowest BCUT2D eigenvalue weighted by atomic mass is 10.1. The van der Waals surface area contributed by atoms with E-state index in [4.69, 9.17) is 4.74 Å². The molecule has 156 valence electrons. The average molecular weight is 530 g/mol. The van der Waals surface area contributed by atoms with Crippen LogP contribution < -0.4 is 10.1 Å². The second-order valence-electron chi connectivity index (χ2n) is 7.10. The maximum Gasteiger partial charge on any atom is 0.266 e. The van der Waals surface area contributed by atoms with Crippen LogP contribution in [0.15, 0.2) is 96.6 Å². The molecular formula is C27H19IN2O2. The number of para-hydroxylation sites is 1. The van der Waals surface area contributed by atoms with Gasteiger partial charge in [0.2, 0.25) is 0 Å². The fourth-order valence-corrected chi connectivity index (χ4v) is 3.70. The number of carbonyl (C=O) groups is 1. The molecule has 0 aliphatic rings. The summed E-state index contributed by atoms with van der Waals surface area (Å²) < 4.78 is 7.17. The van der Waals surface area contributed by atoms with Gasteiger partial charge in [-0.3, -0.25) is 4.79 Å². The van der Waals surface area contributed by atoms with E-state index in [0.717, 1.165) is 19.9 Å². The molecule has 32 heavy (non-hydrogen) atoms. The molecule has 4 nitrogen and oxygen atoms in total. The smallest absolute Gasteiger partial charge is 0.266 e. The van der Waals surface area contributed by atoms with Crippen LogP contribution in [-0.2, 0) is 11.4 Å². The molecule has 5 heteroatoms. The summed E-state index contributed by atoms with van der Waals surface area (Å²) in [6.45, 7) is 0.378. The molecule has 0 saturated heterocycles. The first-order valence-corrected chi connectivity index (χ1v) is 11.1. The first-order valence-electron chi connectivity index (χ1n) is 10.0. The number of hydrogen-bond donors (Lipinski definition) is 1. The van der Waals surface area contributed by atoms with Gasteiger partial charge < -0.3 is 10.1 Å². The van der Waals surface area contributed by atoms with Gasteiger partial charge in [-0.1, -0.05) is 60.7 Å². The van der Waals surface area contributed by atoms with Gasteiger partial charge in [-0.15, -0.1) is 0 Å². The molecule has 4 aromatic carbocycles. The Bertz CT molecular complexity index is 1330. The SMILES string of the molecule is N#C/C(=C/c1ccccc1OCc1cccc2ccccc12)C(=O)Nc1ccc(I)cc1. The Kier molecular flexibility index (Phi) is 6.83. The molecule has 0 aliphatic carbocycles. The highest BCUT2D eigenvalue weighted by Gasteiger charge is 2.12. The lowest BCUT2D eigenvalue weighted by Gasteiger charge is -2.12. The Balaban J connectivity index is 1.55. The molecule has 0 bridgehead atoms. The predicted octanol–water partition coefficient (Wildman–Crippen LogP) is 6.57. The quantitative estimate of drug-likeness (QED) is 0.174. The molecule has 0 aliphatic heterocycles. The minimum Gasteiger partial charge on any atom is -0.488 e. The summed E-state index contributed by atoms with van der Waals surface area (Å²) in [6.07, 6.45) is 1.56. The maximum absolute atomic E-state index is 12.6. The first-order chi connectivity index (χ1) is 15.6. The van der Waals surface area contributed by atoms with Gasteiger partial charge in [0, 0.05) is 14.8 Å². The van der Waals surface area contributed by atoms with Crippen molar-refractivity contribution in [3.8, 4) is 11.8 Å². The van der Waals surface area contributed by atoms with E-state index in [0.29, 0.717) is 23.6 Å². The van der Waals surface area contributed by atoms with Crippen molar-refractivity contribution in [1.82, 2.24) is 0 Å². The van der Waals surface area contributed by atoms with Crippen molar-refractivity contribution in [2.45, 2.75) is 6.61 Å². The summed E-state index contributed by atoms with van der Waals surface area (Å²) in [6, 6.07) is 31.0. The highest BCUT2D eigenvalue weighted by atomic mass is 127. The summed E-state index contributed by atoms with van der Waals surface area (Å²) >= 11 is 2.20. The number of carbonyl (C=O) groups excluding carboxylic acids is 1. The van der Waals surface area contributed by atoms with E-state index in [9.17, 15) is 10.1 Å². The number of anilines is 1. The largest absolute Gasteiger partial charge is 0.488 e. The van der Waals surface area contributed by atoms with E-state index in [-0.39, 0.29) is 5.57 Å². The molecule has 0 spiro atoms. The topological polar surface area (TPSA) is 62.1 Å². The van der Waals surface area contributed by atoms with E-state index in [1.54, 1.807) is 18.2 Å². The van der Waals surface area contributed by atoms with Gasteiger partial charge in [0.25, 0.3) is 5.91 Å². The van der Waals surface area contributed by atoms with Crippen LogP contribution in [0.4, 0.5) is 5.69 Å². The van der Waals surface area contributed by atoms with Gasteiger partial charge >= 0.3 is 0 Å². The number of halogens is 1. The van der Waals surface area contributed by atoms with Crippen LogP contribution in [0.25, 0.3) is 16.8 Å². The van der Waals surface area contributed by atoms with E-state index < -0.39 is 5.91 Å². The zero-order valence-electron chi connectivity index (χ0n) is 17.1. The molecule has 0 heterocycles. The number of rotatable bonds is 6. The molecule has 1 amide bonds. The number of amides is 1. The van der Waals surface area contributed by atoms with Gasteiger partial charge in [-0.25, -0.2) is 0 Å². The molecular weight excluding hydrogens is 511 g/mol. The molecule has 1 N–H and O–H groups in total. The van der Waals surface area contributed by atoms with Gasteiger partial charge in [0.05, 0.1) is 0 Å². The van der Waals surface area contributed by atoms with Crippen LogP contribution in [0, 0.1) is 14.9 Å². The first kappa shape index (κ1) is 21.6. The second kappa shape index (κ2) is 10.1. The van der Waals surface area contributed by atoms with Crippen molar-refractivity contribution in [2.75, 3.05) is 5.32 Å². The van der Waals surface area contributed by atoms with E-state index >= 15 is 0 Å². The Morgan fingerprint density at radius 3 is 2.47 bits per heavy atom. The number of nitriles is 1.